The lowest BCUT2D eigenvalue weighted by molar-refractivity contribution is -0.389. The number of carbonyl (C=O) groups is 1. The number of urea groups is 1. The van der Waals surface area contributed by atoms with E-state index in [1.807, 2.05) is 0 Å². The van der Waals surface area contributed by atoms with Crippen molar-refractivity contribution in [1.82, 2.24) is 14.1 Å². The third-order valence-corrected chi connectivity index (χ3v) is 5.58. The number of nitro groups is 1. The zero-order chi connectivity index (χ0) is 18.2. The molecular formula is C12H8ClN5O5S2. The molecule has 0 saturated carbocycles. The molecule has 2 heterocycles. The molecular weight excluding hydrogens is 394 g/mol. The summed E-state index contributed by atoms with van der Waals surface area (Å²) in [6, 6.07) is 4.33. The predicted octanol–water partition coefficient (Wildman–Crippen LogP) is 2.47. The van der Waals surface area contributed by atoms with E-state index in [1.54, 1.807) is 10.1 Å². The van der Waals surface area contributed by atoms with Crippen LogP contribution in [0.15, 0.2) is 40.7 Å². The van der Waals surface area contributed by atoms with Crippen molar-refractivity contribution in [1.29, 1.82) is 0 Å². The lowest BCUT2D eigenvalue weighted by Gasteiger charge is -2.08. The Balaban J connectivity index is 1.86. The highest BCUT2D eigenvalue weighted by Crippen LogP contribution is 2.28. The van der Waals surface area contributed by atoms with Crippen molar-refractivity contribution >= 4 is 55.6 Å². The van der Waals surface area contributed by atoms with Gasteiger partial charge in [-0.3, -0.25) is 5.32 Å². The van der Waals surface area contributed by atoms with E-state index < -0.39 is 26.8 Å². The highest BCUT2D eigenvalue weighted by Gasteiger charge is 2.27. The second kappa shape index (κ2) is 6.31. The number of amides is 2. The molecule has 0 aliphatic heterocycles. The molecule has 0 saturated heterocycles. The van der Waals surface area contributed by atoms with Gasteiger partial charge in [0, 0.05) is 5.38 Å². The van der Waals surface area contributed by atoms with Crippen LogP contribution in [-0.2, 0) is 10.0 Å². The molecule has 0 bridgehead atoms. The number of halogens is 1. The molecule has 25 heavy (non-hydrogen) atoms. The molecule has 0 spiro atoms. The minimum atomic E-state index is -4.26. The van der Waals surface area contributed by atoms with Crippen LogP contribution in [0, 0.1) is 10.1 Å². The number of carbonyl (C=O) groups excluding carboxylic acids is 1. The van der Waals surface area contributed by atoms with Crippen LogP contribution in [0.25, 0.3) is 4.96 Å². The van der Waals surface area contributed by atoms with Crippen LogP contribution in [0.4, 0.5) is 16.4 Å². The molecule has 2 amide bonds. The number of nitrogens with one attached hydrogen (secondary N) is 2. The van der Waals surface area contributed by atoms with Gasteiger partial charge in [-0.1, -0.05) is 35.1 Å². The molecule has 0 aliphatic carbocycles. The van der Waals surface area contributed by atoms with Crippen molar-refractivity contribution in [3.63, 3.8) is 0 Å². The summed E-state index contributed by atoms with van der Waals surface area (Å²) in [5.41, 5.74) is 0. The van der Waals surface area contributed by atoms with Gasteiger partial charge < -0.3 is 10.1 Å². The number of hydrogen-bond donors (Lipinski definition) is 2. The molecule has 130 valence electrons. The molecule has 3 aromatic rings. The van der Waals surface area contributed by atoms with Crippen LogP contribution in [0.2, 0.25) is 5.02 Å². The normalized spacial score (nSPS) is 11.4. The maximum Gasteiger partial charge on any atom is 0.373 e. The second-order valence-electron chi connectivity index (χ2n) is 4.59. The van der Waals surface area contributed by atoms with Crippen LogP contribution >= 0.6 is 22.9 Å². The van der Waals surface area contributed by atoms with Crippen molar-refractivity contribution in [3.05, 3.63) is 51.0 Å². The Morgan fingerprint density at radius 1 is 1.36 bits per heavy atom. The summed E-state index contributed by atoms with van der Waals surface area (Å²) in [6.45, 7) is 0. The standard InChI is InChI=1S/C12H8ClN5O5S2/c13-7-3-1-2-4-8(7)25(22,23)16-11(19)14-9-10(18(20)21)17-5-6-24-12(17)15-9/h1-6H,(H2,14,16,19). The Morgan fingerprint density at radius 3 is 2.76 bits per heavy atom. The highest BCUT2D eigenvalue weighted by atomic mass is 35.5. The molecule has 0 radical (unpaired) electrons. The quantitative estimate of drug-likeness (QED) is 0.509. The first-order chi connectivity index (χ1) is 11.8. The fourth-order valence-electron chi connectivity index (χ4n) is 2.00. The Hall–Kier alpha value is -2.70. The average Bonchev–Trinajstić information content (AvgIpc) is 3.06. The molecule has 0 unspecified atom stereocenters. The third kappa shape index (κ3) is 3.26. The Kier molecular flexibility index (Phi) is 4.32. The molecule has 13 heteroatoms. The summed E-state index contributed by atoms with van der Waals surface area (Å²) in [5.74, 6) is -0.856. The summed E-state index contributed by atoms with van der Waals surface area (Å²) in [6.07, 6.45) is 1.41. The lowest BCUT2D eigenvalue weighted by atomic mass is 10.4. The Morgan fingerprint density at radius 2 is 2.08 bits per heavy atom. The summed E-state index contributed by atoms with van der Waals surface area (Å²) < 4.78 is 27.3. The van der Waals surface area contributed by atoms with E-state index in [1.165, 1.54) is 34.9 Å². The number of anilines is 1. The first-order valence-corrected chi connectivity index (χ1v) is 9.22. The monoisotopic (exact) mass is 401 g/mol. The zero-order valence-corrected chi connectivity index (χ0v) is 14.4. The van der Waals surface area contributed by atoms with Crippen molar-refractivity contribution in [2.24, 2.45) is 0 Å². The summed E-state index contributed by atoms with van der Waals surface area (Å²) in [7, 11) is -4.26. The summed E-state index contributed by atoms with van der Waals surface area (Å²) >= 11 is 6.92. The van der Waals surface area contributed by atoms with Gasteiger partial charge in [0.05, 0.1) is 5.02 Å². The van der Waals surface area contributed by atoms with Crippen LogP contribution in [0.5, 0.6) is 0 Å². The number of benzene rings is 1. The van der Waals surface area contributed by atoms with Crippen LogP contribution in [0.3, 0.4) is 0 Å². The minimum absolute atomic E-state index is 0.0729. The van der Waals surface area contributed by atoms with E-state index in [0.29, 0.717) is 0 Å². The Bertz CT molecular complexity index is 1090. The van der Waals surface area contributed by atoms with E-state index in [9.17, 15) is 23.3 Å². The van der Waals surface area contributed by atoms with Gasteiger partial charge in [0.1, 0.15) is 11.1 Å². The number of aromatic nitrogens is 2. The van der Waals surface area contributed by atoms with Gasteiger partial charge in [-0.05, 0) is 17.1 Å². The summed E-state index contributed by atoms with van der Waals surface area (Å²) in [4.78, 5) is 26.3. The SMILES string of the molecule is O=C(Nc1nc2sccn2c1[N+](=O)[O-])NS(=O)(=O)c1ccccc1Cl. The van der Waals surface area contributed by atoms with Crippen molar-refractivity contribution < 1.29 is 18.1 Å². The number of imidazole rings is 1. The topological polar surface area (TPSA) is 136 Å². The smallest absolute Gasteiger partial charge is 0.358 e. The van der Waals surface area contributed by atoms with E-state index in [-0.39, 0.29) is 20.7 Å². The number of hydrogen-bond acceptors (Lipinski definition) is 7. The van der Waals surface area contributed by atoms with Crippen molar-refractivity contribution in [2.45, 2.75) is 4.90 Å². The number of fused-ring (bicyclic) bond motifs is 1. The van der Waals surface area contributed by atoms with Crippen molar-refractivity contribution in [2.75, 3.05) is 5.32 Å². The fourth-order valence-corrected chi connectivity index (χ4v) is 4.14. The van der Waals surface area contributed by atoms with E-state index in [0.717, 1.165) is 11.3 Å². The maximum absolute atomic E-state index is 12.2. The van der Waals surface area contributed by atoms with Gasteiger partial charge in [0.15, 0.2) is 0 Å². The van der Waals surface area contributed by atoms with Gasteiger partial charge in [0.25, 0.3) is 15.0 Å². The molecule has 0 atom stereocenters. The van der Waals surface area contributed by atoms with E-state index >= 15 is 0 Å². The molecule has 10 nitrogen and oxygen atoms in total. The van der Waals surface area contributed by atoms with Gasteiger partial charge in [-0.2, -0.15) is 9.38 Å². The lowest BCUT2D eigenvalue weighted by Crippen LogP contribution is -2.34. The molecule has 2 N–H and O–H groups in total. The maximum atomic E-state index is 12.2. The van der Waals surface area contributed by atoms with Crippen LogP contribution < -0.4 is 10.0 Å². The molecule has 0 fully saturated rings. The largest absolute Gasteiger partial charge is 0.373 e. The number of rotatable bonds is 4. The van der Waals surface area contributed by atoms with Gasteiger partial charge in [-0.15, -0.1) is 0 Å². The zero-order valence-electron chi connectivity index (χ0n) is 12.0. The van der Waals surface area contributed by atoms with E-state index in [4.69, 9.17) is 11.6 Å². The first kappa shape index (κ1) is 17.1. The Labute approximate surface area is 149 Å². The van der Waals surface area contributed by atoms with Gasteiger partial charge in [-0.25, -0.2) is 17.9 Å². The van der Waals surface area contributed by atoms with Crippen molar-refractivity contribution in [3.8, 4) is 0 Å². The third-order valence-electron chi connectivity index (χ3n) is 2.99. The number of sulfonamides is 1. The van der Waals surface area contributed by atoms with Crippen LogP contribution in [0.1, 0.15) is 0 Å². The predicted molar refractivity (Wildman–Crippen MR) is 90.5 cm³/mol. The molecule has 2 aromatic heterocycles. The minimum Gasteiger partial charge on any atom is -0.358 e. The van der Waals surface area contributed by atoms with Gasteiger partial charge in [0.2, 0.25) is 5.82 Å². The highest BCUT2D eigenvalue weighted by molar-refractivity contribution is 7.90. The van der Waals surface area contributed by atoms with Gasteiger partial charge >= 0.3 is 11.8 Å². The molecule has 3 rings (SSSR count). The molecule has 0 aliphatic rings. The van der Waals surface area contributed by atoms with Crippen LogP contribution in [-0.4, -0.2) is 28.8 Å². The summed E-state index contributed by atoms with van der Waals surface area (Å²) in [5, 5.41) is 14.8. The average molecular weight is 402 g/mol. The van der Waals surface area contributed by atoms with E-state index in [2.05, 4.69) is 10.3 Å². The fraction of sp³-hybridized carbons (Fsp3) is 0. The first-order valence-electron chi connectivity index (χ1n) is 6.48. The molecule has 1 aromatic carbocycles. The number of nitrogens with zero attached hydrogens (tertiary/aromatic N) is 3. The number of thiazole rings is 1. The second-order valence-corrected chi connectivity index (χ2v) is 7.52.